The molecule has 0 aliphatic heterocycles. The number of carbonyl (C=O) groups excluding carboxylic acids is 1. The summed E-state index contributed by atoms with van der Waals surface area (Å²) in [5.74, 6) is 0.308. The highest BCUT2D eigenvalue weighted by atomic mass is 32.1. The number of thiophene rings is 1. The molecule has 0 fully saturated rings. The van der Waals surface area contributed by atoms with Gasteiger partial charge in [0.05, 0.1) is 6.04 Å². The molecule has 21 heavy (non-hydrogen) atoms. The van der Waals surface area contributed by atoms with Gasteiger partial charge in [-0.25, -0.2) is 0 Å². The summed E-state index contributed by atoms with van der Waals surface area (Å²) in [5, 5.41) is 5.13. The summed E-state index contributed by atoms with van der Waals surface area (Å²) in [6.07, 6.45) is 3.45. The van der Waals surface area contributed by atoms with Crippen LogP contribution in [0.1, 0.15) is 35.9 Å². The normalized spacial score (nSPS) is 12.8. The largest absolute Gasteiger partial charge is 0.345 e. The molecule has 1 aromatic heterocycles. The molecule has 1 N–H and O–H groups in total. The lowest BCUT2D eigenvalue weighted by Crippen LogP contribution is -2.29. The molecule has 0 spiro atoms. The second-order valence-electron chi connectivity index (χ2n) is 5.49. The molecule has 1 atom stereocenters. The van der Waals surface area contributed by atoms with Crippen molar-refractivity contribution in [1.29, 1.82) is 0 Å². The predicted molar refractivity (Wildman–Crippen MR) is 90.3 cm³/mol. The van der Waals surface area contributed by atoms with Gasteiger partial charge in [0.25, 0.3) is 0 Å². The summed E-state index contributed by atoms with van der Waals surface area (Å²) in [6, 6.07) is 12.3. The van der Waals surface area contributed by atoms with E-state index < -0.39 is 0 Å². The molecule has 2 nitrogen and oxygen atoms in total. The first kappa shape index (κ1) is 15.5. The van der Waals surface area contributed by atoms with Gasteiger partial charge in [-0.1, -0.05) is 49.7 Å². The molecule has 110 valence electrons. The van der Waals surface area contributed by atoms with E-state index in [-0.39, 0.29) is 11.9 Å². The van der Waals surface area contributed by atoms with Gasteiger partial charge < -0.3 is 5.32 Å². The molecule has 0 unspecified atom stereocenters. The molecule has 2 rings (SSSR count). The number of nitrogens with one attached hydrogen (secondary N) is 1. The average Bonchev–Trinajstić information content (AvgIpc) is 2.97. The van der Waals surface area contributed by atoms with Gasteiger partial charge in [0, 0.05) is 11.0 Å². The Morgan fingerprint density at radius 1 is 1.19 bits per heavy atom. The summed E-state index contributed by atoms with van der Waals surface area (Å²) < 4.78 is 0. The quantitative estimate of drug-likeness (QED) is 0.804. The molecule has 1 aromatic carbocycles. The number of aryl methyl sites for hydroxylation is 1. The Balaban J connectivity index is 2.01. The summed E-state index contributed by atoms with van der Waals surface area (Å²) in [6.45, 7) is 6.29. The molecule has 0 saturated heterocycles. The zero-order chi connectivity index (χ0) is 15.2. The highest BCUT2D eigenvalue weighted by Gasteiger charge is 2.17. The Morgan fingerprint density at radius 2 is 1.90 bits per heavy atom. The van der Waals surface area contributed by atoms with Crippen molar-refractivity contribution in [3.8, 4) is 0 Å². The molecular formula is C18H21NOS. The van der Waals surface area contributed by atoms with Gasteiger partial charge in [0.15, 0.2) is 0 Å². The summed E-state index contributed by atoms with van der Waals surface area (Å²) in [5.41, 5.74) is 2.25. The number of hydrogen-bond donors (Lipinski definition) is 1. The number of rotatable bonds is 5. The first-order chi connectivity index (χ1) is 10.1. The summed E-state index contributed by atoms with van der Waals surface area (Å²) in [7, 11) is 0. The van der Waals surface area contributed by atoms with Crippen molar-refractivity contribution >= 4 is 23.3 Å². The van der Waals surface area contributed by atoms with Crippen molar-refractivity contribution in [3.05, 3.63) is 63.9 Å². The Hall–Kier alpha value is -1.87. The highest BCUT2D eigenvalue weighted by Crippen LogP contribution is 2.25. The van der Waals surface area contributed by atoms with Crippen LogP contribution in [0, 0.1) is 12.8 Å². The minimum atomic E-state index is -0.0531. The first-order valence-corrected chi connectivity index (χ1v) is 8.03. The first-order valence-electron chi connectivity index (χ1n) is 7.15. The van der Waals surface area contributed by atoms with E-state index in [0.717, 1.165) is 5.56 Å². The van der Waals surface area contributed by atoms with Gasteiger partial charge in [-0.3, -0.25) is 4.79 Å². The standard InChI is InChI=1S/C18H21NOS/c1-13(2)18(16-5-4-12-21-16)19-17(20)11-10-15-8-6-14(3)7-9-15/h4-13,18H,1-3H3,(H,19,20)/b11-10+/t18-/m1/s1. The lowest BCUT2D eigenvalue weighted by molar-refractivity contribution is -0.117. The third-order valence-corrected chi connectivity index (χ3v) is 4.27. The van der Waals surface area contributed by atoms with Gasteiger partial charge in [0.1, 0.15) is 0 Å². The molecule has 0 bridgehead atoms. The minimum Gasteiger partial charge on any atom is -0.345 e. The van der Waals surface area contributed by atoms with E-state index in [1.165, 1.54) is 10.4 Å². The summed E-state index contributed by atoms with van der Waals surface area (Å²) >= 11 is 1.68. The number of carbonyl (C=O) groups is 1. The van der Waals surface area contributed by atoms with Crippen LogP contribution in [0.15, 0.2) is 47.9 Å². The number of benzene rings is 1. The van der Waals surface area contributed by atoms with E-state index in [1.54, 1.807) is 17.4 Å². The Labute approximate surface area is 130 Å². The maximum Gasteiger partial charge on any atom is 0.244 e. The maximum absolute atomic E-state index is 12.1. The van der Waals surface area contributed by atoms with Gasteiger partial charge in [-0.2, -0.15) is 0 Å². The topological polar surface area (TPSA) is 29.1 Å². The van der Waals surface area contributed by atoms with E-state index in [0.29, 0.717) is 5.92 Å². The van der Waals surface area contributed by atoms with Gasteiger partial charge in [0.2, 0.25) is 5.91 Å². The third kappa shape index (κ3) is 4.57. The van der Waals surface area contributed by atoms with Crippen molar-refractivity contribution in [2.45, 2.75) is 26.8 Å². The van der Waals surface area contributed by atoms with Gasteiger partial charge in [-0.15, -0.1) is 11.3 Å². The van der Waals surface area contributed by atoms with Gasteiger partial charge in [-0.05, 0) is 35.9 Å². The van der Waals surface area contributed by atoms with Crippen LogP contribution in [0.4, 0.5) is 0 Å². The minimum absolute atomic E-state index is 0.0531. The van der Waals surface area contributed by atoms with E-state index in [1.807, 2.05) is 41.8 Å². The van der Waals surface area contributed by atoms with E-state index in [4.69, 9.17) is 0 Å². The second-order valence-corrected chi connectivity index (χ2v) is 6.47. The van der Waals surface area contributed by atoms with E-state index in [2.05, 4.69) is 32.2 Å². The SMILES string of the molecule is Cc1ccc(/C=C/C(=O)N[C@@H](c2cccs2)C(C)C)cc1. The Bertz CT molecular complexity index is 597. The number of hydrogen-bond acceptors (Lipinski definition) is 2. The fourth-order valence-corrected chi connectivity index (χ4v) is 3.03. The van der Waals surface area contributed by atoms with Crippen LogP contribution in [0.5, 0.6) is 0 Å². The second kappa shape index (κ2) is 7.23. The molecule has 0 saturated carbocycles. The van der Waals surface area contributed by atoms with Crippen LogP contribution in [-0.4, -0.2) is 5.91 Å². The van der Waals surface area contributed by atoms with Crippen LogP contribution in [0.25, 0.3) is 6.08 Å². The molecule has 2 aromatic rings. The van der Waals surface area contributed by atoms with Crippen LogP contribution < -0.4 is 5.32 Å². The lowest BCUT2D eigenvalue weighted by atomic mass is 10.0. The Kier molecular flexibility index (Phi) is 5.34. The molecule has 0 aliphatic rings. The molecule has 0 radical (unpaired) electrons. The maximum atomic E-state index is 12.1. The summed E-state index contributed by atoms with van der Waals surface area (Å²) in [4.78, 5) is 13.3. The molecule has 1 amide bonds. The van der Waals surface area contributed by atoms with Crippen molar-refractivity contribution < 1.29 is 4.79 Å². The van der Waals surface area contributed by atoms with Crippen molar-refractivity contribution in [2.75, 3.05) is 0 Å². The molecule has 0 aliphatic carbocycles. The fourth-order valence-electron chi connectivity index (χ4n) is 2.09. The van der Waals surface area contributed by atoms with Crippen molar-refractivity contribution in [1.82, 2.24) is 5.32 Å². The third-order valence-electron chi connectivity index (χ3n) is 3.32. The van der Waals surface area contributed by atoms with E-state index in [9.17, 15) is 4.79 Å². The molecule has 1 heterocycles. The van der Waals surface area contributed by atoms with E-state index >= 15 is 0 Å². The van der Waals surface area contributed by atoms with Gasteiger partial charge >= 0.3 is 0 Å². The van der Waals surface area contributed by atoms with Crippen LogP contribution in [0.3, 0.4) is 0 Å². The fraction of sp³-hybridized carbons (Fsp3) is 0.278. The molecule has 3 heteroatoms. The Morgan fingerprint density at radius 3 is 2.48 bits per heavy atom. The van der Waals surface area contributed by atoms with Crippen LogP contribution in [0.2, 0.25) is 0 Å². The molecular weight excluding hydrogens is 278 g/mol. The highest BCUT2D eigenvalue weighted by molar-refractivity contribution is 7.10. The zero-order valence-corrected chi connectivity index (χ0v) is 13.5. The van der Waals surface area contributed by atoms with Crippen molar-refractivity contribution in [2.24, 2.45) is 5.92 Å². The smallest absolute Gasteiger partial charge is 0.244 e. The lowest BCUT2D eigenvalue weighted by Gasteiger charge is -2.20. The number of amides is 1. The van der Waals surface area contributed by atoms with Crippen LogP contribution in [-0.2, 0) is 4.79 Å². The van der Waals surface area contributed by atoms with Crippen molar-refractivity contribution in [3.63, 3.8) is 0 Å². The van der Waals surface area contributed by atoms with Crippen LogP contribution >= 0.6 is 11.3 Å². The predicted octanol–water partition coefficient (Wildman–Crippen LogP) is 4.58. The monoisotopic (exact) mass is 299 g/mol. The zero-order valence-electron chi connectivity index (χ0n) is 12.7. The average molecular weight is 299 g/mol.